The Labute approximate surface area is 129 Å². The van der Waals surface area contributed by atoms with Crippen LogP contribution in [0.5, 0.6) is 0 Å². The maximum Gasteiger partial charge on any atom is 0.358 e. The molecule has 0 saturated heterocycles. The first-order valence-electron chi connectivity index (χ1n) is 7.00. The smallest absolute Gasteiger partial charge is 0.358 e. The van der Waals surface area contributed by atoms with Gasteiger partial charge in [-0.3, -0.25) is 9.48 Å². The topological polar surface area (TPSA) is 73.2 Å². The van der Waals surface area contributed by atoms with Crippen molar-refractivity contribution in [3.05, 3.63) is 46.8 Å². The van der Waals surface area contributed by atoms with Crippen LogP contribution in [0.25, 0.3) is 0 Å². The molecular weight excluding hydrogens is 282 g/mol. The van der Waals surface area contributed by atoms with Gasteiger partial charge in [-0.15, -0.1) is 0 Å². The van der Waals surface area contributed by atoms with Gasteiger partial charge in [0.05, 0.1) is 18.5 Å². The lowest BCUT2D eigenvalue weighted by atomic mass is 10.1. The lowest BCUT2D eigenvalue weighted by Crippen LogP contribution is -2.16. The summed E-state index contributed by atoms with van der Waals surface area (Å²) in [6.07, 6.45) is 0.913. The number of carbonyl (C=O) groups is 2. The first-order chi connectivity index (χ1) is 10.5. The Morgan fingerprint density at radius 1 is 1.27 bits per heavy atom. The number of esters is 1. The lowest BCUT2D eigenvalue weighted by molar-refractivity contribution is 0.0589. The number of aromatic nitrogens is 2. The van der Waals surface area contributed by atoms with E-state index in [-0.39, 0.29) is 11.6 Å². The Balaban J connectivity index is 2.29. The molecule has 116 valence electrons. The highest BCUT2D eigenvalue weighted by molar-refractivity contribution is 6.08. The third-order valence-corrected chi connectivity index (χ3v) is 3.46. The van der Waals surface area contributed by atoms with Crippen LogP contribution in [0.2, 0.25) is 0 Å². The standard InChI is InChI=1S/C16H19N3O3/c1-5-11-6-8-12(9-7-11)15(20)17-13-10(2)18-19(3)14(13)16(21)22-4/h6-9H,5H2,1-4H3,(H,17,20). The fraction of sp³-hybridized carbons (Fsp3) is 0.312. The molecule has 6 heteroatoms. The number of nitrogens with zero attached hydrogens (tertiary/aromatic N) is 2. The van der Waals surface area contributed by atoms with E-state index >= 15 is 0 Å². The largest absolute Gasteiger partial charge is 0.464 e. The zero-order valence-electron chi connectivity index (χ0n) is 13.1. The van der Waals surface area contributed by atoms with E-state index in [4.69, 9.17) is 4.74 Å². The Kier molecular flexibility index (Phi) is 4.60. The van der Waals surface area contributed by atoms with Gasteiger partial charge in [0.25, 0.3) is 5.91 Å². The molecule has 0 bridgehead atoms. The Bertz CT molecular complexity index is 702. The molecule has 0 radical (unpaired) electrons. The number of nitrogens with one attached hydrogen (secondary N) is 1. The van der Waals surface area contributed by atoms with Crippen LogP contribution < -0.4 is 5.32 Å². The summed E-state index contributed by atoms with van der Waals surface area (Å²) in [7, 11) is 2.92. The summed E-state index contributed by atoms with van der Waals surface area (Å²) >= 11 is 0. The molecule has 0 fully saturated rings. The van der Waals surface area contributed by atoms with Gasteiger partial charge in [0.1, 0.15) is 0 Å². The van der Waals surface area contributed by atoms with Crippen LogP contribution in [-0.2, 0) is 18.2 Å². The Morgan fingerprint density at radius 2 is 1.91 bits per heavy atom. The number of methoxy groups -OCH3 is 1. The zero-order chi connectivity index (χ0) is 16.3. The SMILES string of the molecule is CCc1ccc(C(=O)Nc2c(C)nn(C)c2C(=O)OC)cc1. The van der Waals surface area contributed by atoms with E-state index in [9.17, 15) is 9.59 Å². The van der Waals surface area contributed by atoms with Gasteiger partial charge in [-0.1, -0.05) is 19.1 Å². The minimum absolute atomic E-state index is 0.221. The summed E-state index contributed by atoms with van der Waals surface area (Å²) in [5.41, 5.74) is 2.83. The van der Waals surface area contributed by atoms with Crippen molar-refractivity contribution in [2.45, 2.75) is 20.3 Å². The number of hydrogen-bond donors (Lipinski definition) is 1. The Hall–Kier alpha value is -2.63. The van der Waals surface area contributed by atoms with Gasteiger partial charge in [-0.2, -0.15) is 5.10 Å². The molecule has 0 unspecified atom stereocenters. The molecule has 1 heterocycles. The molecule has 0 aliphatic carbocycles. The summed E-state index contributed by atoms with van der Waals surface area (Å²) in [5.74, 6) is -0.830. The number of anilines is 1. The van der Waals surface area contributed by atoms with Gasteiger partial charge in [-0.25, -0.2) is 4.79 Å². The number of benzene rings is 1. The van der Waals surface area contributed by atoms with Crippen LogP contribution in [-0.4, -0.2) is 28.8 Å². The molecule has 1 aromatic heterocycles. The summed E-state index contributed by atoms with van der Waals surface area (Å²) in [4.78, 5) is 24.2. The average molecular weight is 301 g/mol. The van der Waals surface area contributed by atoms with Crippen LogP contribution >= 0.6 is 0 Å². The fourth-order valence-corrected chi connectivity index (χ4v) is 2.22. The molecule has 0 saturated carbocycles. The molecule has 1 aromatic carbocycles. The third-order valence-electron chi connectivity index (χ3n) is 3.46. The maximum atomic E-state index is 12.3. The molecule has 0 spiro atoms. The van der Waals surface area contributed by atoms with E-state index in [0.29, 0.717) is 16.9 Å². The minimum Gasteiger partial charge on any atom is -0.464 e. The monoisotopic (exact) mass is 301 g/mol. The van der Waals surface area contributed by atoms with Gasteiger partial charge >= 0.3 is 5.97 Å². The Morgan fingerprint density at radius 3 is 2.45 bits per heavy atom. The zero-order valence-corrected chi connectivity index (χ0v) is 13.1. The predicted octanol–water partition coefficient (Wildman–Crippen LogP) is 2.33. The van der Waals surface area contributed by atoms with E-state index < -0.39 is 5.97 Å². The van der Waals surface area contributed by atoms with Gasteiger partial charge in [0.2, 0.25) is 0 Å². The van der Waals surface area contributed by atoms with Crippen molar-refractivity contribution in [1.82, 2.24) is 9.78 Å². The normalized spacial score (nSPS) is 10.4. The predicted molar refractivity (Wildman–Crippen MR) is 83.1 cm³/mol. The van der Waals surface area contributed by atoms with Crippen LogP contribution in [0.4, 0.5) is 5.69 Å². The summed E-state index contributed by atoms with van der Waals surface area (Å²) in [5, 5.41) is 6.90. The molecule has 0 aliphatic heterocycles. The number of rotatable bonds is 4. The molecular formula is C16H19N3O3. The molecule has 1 N–H and O–H groups in total. The van der Waals surface area contributed by atoms with E-state index in [1.54, 1.807) is 26.1 Å². The van der Waals surface area contributed by atoms with Crippen LogP contribution in [0.3, 0.4) is 0 Å². The highest BCUT2D eigenvalue weighted by Gasteiger charge is 2.22. The van der Waals surface area contributed by atoms with E-state index in [2.05, 4.69) is 17.3 Å². The molecule has 0 aliphatic rings. The average Bonchev–Trinajstić information content (AvgIpc) is 2.80. The summed E-state index contributed by atoms with van der Waals surface area (Å²) < 4.78 is 6.14. The van der Waals surface area contributed by atoms with E-state index in [0.717, 1.165) is 12.0 Å². The van der Waals surface area contributed by atoms with E-state index in [1.807, 2.05) is 12.1 Å². The number of carbonyl (C=O) groups excluding carboxylic acids is 2. The number of amides is 1. The van der Waals surface area contributed by atoms with Gasteiger partial charge in [0, 0.05) is 12.6 Å². The van der Waals surface area contributed by atoms with Crippen molar-refractivity contribution < 1.29 is 14.3 Å². The minimum atomic E-state index is -0.542. The lowest BCUT2D eigenvalue weighted by Gasteiger charge is -2.07. The second kappa shape index (κ2) is 6.43. The van der Waals surface area contributed by atoms with Crippen molar-refractivity contribution in [3.8, 4) is 0 Å². The van der Waals surface area contributed by atoms with Gasteiger partial charge < -0.3 is 10.1 Å². The highest BCUT2D eigenvalue weighted by atomic mass is 16.5. The first kappa shape index (κ1) is 15.8. The summed E-state index contributed by atoms with van der Waals surface area (Å²) in [6.45, 7) is 3.78. The van der Waals surface area contributed by atoms with Gasteiger partial charge in [0.15, 0.2) is 5.69 Å². The van der Waals surface area contributed by atoms with Crippen LogP contribution in [0, 0.1) is 6.92 Å². The first-order valence-corrected chi connectivity index (χ1v) is 7.00. The van der Waals surface area contributed by atoms with Gasteiger partial charge in [-0.05, 0) is 31.0 Å². The molecule has 6 nitrogen and oxygen atoms in total. The summed E-state index contributed by atoms with van der Waals surface area (Å²) in [6, 6.07) is 7.34. The van der Waals surface area contributed by atoms with Crippen LogP contribution in [0.1, 0.15) is 39.0 Å². The van der Waals surface area contributed by atoms with Crippen molar-refractivity contribution in [1.29, 1.82) is 0 Å². The van der Waals surface area contributed by atoms with E-state index in [1.165, 1.54) is 11.8 Å². The number of ether oxygens (including phenoxy) is 1. The number of aryl methyl sites for hydroxylation is 3. The highest BCUT2D eigenvalue weighted by Crippen LogP contribution is 2.21. The van der Waals surface area contributed by atoms with Crippen molar-refractivity contribution in [3.63, 3.8) is 0 Å². The third kappa shape index (κ3) is 3.00. The van der Waals surface area contributed by atoms with Crippen molar-refractivity contribution in [2.24, 2.45) is 7.05 Å². The molecule has 22 heavy (non-hydrogen) atoms. The van der Waals surface area contributed by atoms with Crippen LogP contribution in [0.15, 0.2) is 24.3 Å². The maximum absolute atomic E-state index is 12.3. The molecule has 2 aromatic rings. The van der Waals surface area contributed by atoms with Crippen molar-refractivity contribution in [2.75, 3.05) is 12.4 Å². The van der Waals surface area contributed by atoms with Crippen molar-refractivity contribution >= 4 is 17.6 Å². The number of hydrogen-bond acceptors (Lipinski definition) is 4. The quantitative estimate of drug-likeness (QED) is 0.880. The molecule has 2 rings (SSSR count). The second-order valence-corrected chi connectivity index (χ2v) is 4.93. The molecule has 0 atom stereocenters. The second-order valence-electron chi connectivity index (χ2n) is 4.93. The fourth-order valence-electron chi connectivity index (χ4n) is 2.22. The molecule has 1 amide bonds.